The van der Waals surface area contributed by atoms with Crippen molar-refractivity contribution in [3.05, 3.63) is 72.1 Å². The first-order chi connectivity index (χ1) is 17.5. The van der Waals surface area contributed by atoms with Gasteiger partial charge in [-0.15, -0.1) is 0 Å². The zero-order chi connectivity index (χ0) is 24.7. The highest BCUT2D eigenvalue weighted by Crippen LogP contribution is 2.38. The lowest BCUT2D eigenvalue weighted by atomic mass is 10.0. The predicted octanol–water partition coefficient (Wildman–Crippen LogP) is 6.00. The summed E-state index contributed by atoms with van der Waals surface area (Å²) in [5, 5.41) is 6.65. The summed E-state index contributed by atoms with van der Waals surface area (Å²) in [4.78, 5) is 14.8. The first-order valence-electron chi connectivity index (χ1n) is 12.4. The molecule has 0 unspecified atom stereocenters. The normalized spacial score (nSPS) is 20.3. The third kappa shape index (κ3) is 4.44. The van der Waals surface area contributed by atoms with Crippen molar-refractivity contribution in [3.63, 3.8) is 0 Å². The van der Waals surface area contributed by atoms with Gasteiger partial charge < -0.3 is 20.6 Å². The Balaban J connectivity index is 1.23. The van der Waals surface area contributed by atoms with E-state index in [2.05, 4.69) is 30.6 Å². The number of nitrogens with zero attached hydrogens (tertiary/aromatic N) is 2. The molecule has 6 nitrogen and oxygen atoms in total. The number of hydrogen-bond acceptors (Lipinski definition) is 4. The summed E-state index contributed by atoms with van der Waals surface area (Å²) in [5.41, 5.74) is 3.49. The van der Waals surface area contributed by atoms with Crippen molar-refractivity contribution in [2.75, 3.05) is 13.1 Å². The summed E-state index contributed by atoms with van der Waals surface area (Å²) in [6.07, 6.45) is 1.30. The topological polar surface area (TPSA) is 81.4 Å². The number of rotatable bonds is 5. The van der Waals surface area contributed by atoms with E-state index in [9.17, 15) is 13.2 Å². The number of benzene rings is 2. The van der Waals surface area contributed by atoms with Gasteiger partial charge in [-0.05, 0) is 55.5 Å². The van der Waals surface area contributed by atoms with Gasteiger partial charge in [-0.25, -0.2) is 9.97 Å². The molecule has 0 spiro atoms. The van der Waals surface area contributed by atoms with Crippen LogP contribution in [0.15, 0.2) is 54.7 Å². The van der Waals surface area contributed by atoms with Crippen LogP contribution in [0.1, 0.15) is 55.1 Å². The molecule has 0 radical (unpaired) electrons. The average Bonchev–Trinajstić information content (AvgIpc) is 3.70. The molecule has 0 aliphatic carbocycles. The number of halogens is 3. The fraction of sp³-hybridized carbons (Fsp3) is 0.333. The van der Waals surface area contributed by atoms with Crippen molar-refractivity contribution >= 4 is 0 Å². The Bertz CT molecular complexity index is 1330. The maximum absolute atomic E-state index is 13.7. The highest BCUT2D eigenvalue weighted by atomic mass is 19.4. The monoisotopic (exact) mass is 492 g/mol. The molecule has 0 saturated carbocycles. The zero-order valence-electron chi connectivity index (χ0n) is 19.6. The van der Waals surface area contributed by atoms with Gasteiger partial charge in [0.2, 0.25) is 0 Å². The van der Waals surface area contributed by atoms with Crippen LogP contribution in [-0.4, -0.2) is 33.0 Å². The number of alkyl halides is 3. The summed E-state index contributed by atoms with van der Waals surface area (Å²) in [6.45, 7) is 1.81. The molecular formula is C27H27F3N6. The third-order valence-corrected chi connectivity index (χ3v) is 7.07. The van der Waals surface area contributed by atoms with Gasteiger partial charge >= 0.3 is 6.18 Å². The third-order valence-electron chi connectivity index (χ3n) is 7.07. The van der Waals surface area contributed by atoms with Crippen molar-refractivity contribution in [2.45, 2.75) is 43.9 Å². The first-order valence-corrected chi connectivity index (χ1v) is 12.4. The molecule has 0 amide bonds. The number of nitrogens with one attached hydrogen (secondary N) is 4. The quantitative estimate of drug-likeness (QED) is 0.275. The highest BCUT2D eigenvalue weighted by molar-refractivity contribution is 5.72. The van der Waals surface area contributed by atoms with E-state index < -0.39 is 11.9 Å². The van der Waals surface area contributed by atoms with Gasteiger partial charge in [0.05, 0.1) is 24.0 Å². The summed E-state index contributed by atoms with van der Waals surface area (Å²) in [6, 6.07) is 15.3. The Morgan fingerprint density at radius 3 is 1.81 bits per heavy atom. The second-order valence-electron chi connectivity index (χ2n) is 9.48. The highest BCUT2D eigenvalue weighted by Gasteiger charge is 2.38. The SMILES string of the molecule is FC(F)(F)c1[nH]c([C@@H]2CCCN2)nc1-c1ccc(-c2ccc(-c3cnc([C@@H]4CCCN4)[nH]3)cc2)cc1. The molecule has 2 fully saturated rings. The zero-order valence-corrected chi connectivity index (χ0v) is 19.6. The molecule has 6 rings (SSSR count). The number of hydrogen-bond donors (Lipinski definition) is 4. The van der Waals surface area contributed by atoms with Gasteiger partial charge in [-0.1, -0.05) is 48.5 Å². The van der Waals surface area contributed by atoms with E-state index in [1.165, 1.54) is 0 Å². The molecule has 186 valence electrons. The van der Waals surface area contributed by atoms with E-state index in [1.54, 1.807) is 12.1 Å². The lowest BCUT2D eigenvalue weighted by Gasteiger charge is -2.08. The van der Waals surface area contributed by atoms with Crippen molar-refractivity contribution in [3.8, 4) is 33.6 Å². The van der Waals surface area contributed by atoms with Crippen molar-refractivity contribution < 1.29 is 13.2 Å². The number of aromatic nitrogens is 4. The van der Waals surface area contributed by atoms with Crippen LogP contribution in [0.25, 0.3) is 33.6 Å². The van der Waals surface area contributed by atoms with Crippen LogP contribution in [-0.2, 0) is 6.18 Å². The number of imidazole rings is 2. The molecule has 2 saturated heterocycles. The van der Waals surface area contributed by atoms with Crippen molar-refractivity contribution in [2.24, 2.45) is 0 Å². The fourth-order valence-electron chi connectivity index (χ4n) is 5.13. The molecule has 2 atom stereocenters. The molecule has 36 heavy (non-hydrogen) atoms. The first kappa shape index (κ1) is 23.0. The summed E-state index contributed by atoms with van der Waals surface area (Å²) < 4.78 is 41.2. The van der Waals surface area contributed by atoms with E-state index in [0.717, 1.165) is 67.0 Å². The molecule has 4 aromatic rings. The van der Waals surface area contributed by atoms with Crippen LogP contribution in [0.5, 0.6) is 0 Å². The molecule has 0 bridgehead atoms. The van der Waals surface area contributed by atoms with E-state index >= 15 is 0 Å². The van der Waals surface area contributed by atoms with Gasteiger partial charge in [-0.2, -0.15) is 13.2 Å². The fourth-order valence-corrected chi connectivity index (χ4v) is 5.13. The maximum Gasteiger partial charge on any atom is 0.433 e. The molecular weight excluding hydrogens is 465 g/mol. The van der Waals surface area contributed by atoms with Crippen LogP contribution >= 0.6 is 0 Å². The number of aromatic amines is 2. The van der Waals surface area contributed by atoms with Crippen LogP contribution in [0.3, 0.4) is 0 Å². The molecule has 2 aliphatic heterocycles. The lowest BCUT2D eigenvalue weighted by Crippen LogP contribution is -2.14. The Hall–Kier alpha value is -3.43. The molecule has 2 aromatic heterocycles. The molecule has 4 N–H and O–H groups in total. The van der Waals surface area contributed by atoms with Crippen LogP contribution in [0.2, 0.25) is 0 Å². The van der Waals surface area contributed by atoms with Gasteiger partial charge in [0.25, 0.3) is 0 Å². The Labute approximate surface area is 206 Å². The lowest BCUT2D eigenvalue weighted by molar-refractivity contribution is -0.140. The predicted molar refractivity (Wildman–Crippen MR) is 132 cm³/mol. The second kappa shape index (κ2) is 9.22. The van der Waals surface area contributed by atoms with Gasteiger partial charge in [0, 0.05) is 5.56 Å². The standard InChI is InChI=1S/C27H27F3N6/c28-27(29,30)24-23(35-26(36-24)21-4-2-14-32-21)19-11-7-17(8-12-19)16-5-9-18(10-6-16)22-15-33-25(34-22)20-3-1-13-31-20/h5-12,15,20-21,31-32H,1-4,13-14H2,(H,33,34)(H,35,36)/t20-,21-/m0/s1. The minimum absolute atomic E-state index is 0.0556. The van der Waals surface area contributed by atoms with Crippen LogP contribution in [0.4, 0.5) is 13.2 Å². The summed E-state index contributed by atoms with van der Waals surface area (Å²) in [7, 11) is 0. The largest absolute Gasteiger partial charge is 0.433 e. The van der Waals surface area contributed by atoms with E-state index in [1.807, 2.05) is 42.6 Å². The van der Waals surface area contributed by atoms with Gasteiger partial charge in [-0.3, -0.25) is 0 Å². The minimum atomic E-state index is -4.51. The van der Waals surface area contributed by atoms with Crippen LogP contribution < -0.4 is 10.6 Å². The Kier molecular flexibility index (Phi) is 5.89. The smallest absolute Gasteiger partial charge is 0.341 e. The molecule has 2 aliphatic rings. The van der Waals surface area contributed by atoms with Crippen LogP contribution in [0, 0.1) is 0 Å². The maximum atomic E-state index is 13.7. The average molecular weight is 493 g/mol. The van der Waals surface area contributed by atoms with E-state index in [4.69, 9.17) is 0 Å². The van der Waals surface area contributed by atoms with Gasteiger partial charge in [0.15, 0.2) is 0 Å². The van der Waals surface area contributed by atoms with Crippen molar-refractivity contribution in [1.82, 2.24) is 30.6 Å². The van der Waals surface area contributed by atoms with E-state index in [-0.39, 0.29) is 17.8 Å². The van der Waals surface area contributed by atoms with E-state index in [0.29, 0.717) is 11.4 Å². The molecule has 2 aromatic carbocycles. The molecule has 4 heterocycles. The number of H-pyrrole nitrogens is 2. The second-order valence-corrected chi connectivity index (χ2v) is 9.48. The summed E-state index contributed by atoms with van der Waals surface area (Å²) in [5.74, 6) is 1.31. The molecule has 9 heteroatoms. The minimum Gasteiger partial charge on any atom is -0.341 e. The van der Waals surface area contributed by atoms with Crippen molar-refractivity contribution in [1.29, 1.82) is 0 Å². The Morgan fingerprint density at radius 1 is 0.694 bits per heavy atom. The summed E-state index contributed by atoms with van der Waals surface area (Å²) >= 11 is 0. The van der Waals surface area contributed by atoms with Gasteiger partial charge in [0.1, 0.15) is 23.0 Å². The Morgan fingerprint density at radius 2 is 1.25 bits per heavy atom.